The maximum Gasteiger partial charge on any atom is 0.00607 e. The van der Waals surface area contributed by atoms with Crippen LogP contribution >= 0.6 is 11.8 Å². The quantitative estimate of drug-likeness (QED) is 0.560. The van der Waals surface area contributed by atoms with Crippen molar-refractivity contribution in [3.8, 4) is 0 Å². The normalized spacial score (nSPS) is 13.1. The van der Waals surface area contributed by atoms with Crippen LogP contribution < -0.4 is 5.32 Å². The van der Waals surface area contributed by atoms with E-state index in [1.165, 1.54) is 50.9 Å². The first kappa shape index (κ1) is 14.3. The second-order valence-corrected chi connectivity index (χ2v) is 5.45. The summed E-state index contributed by atoms with van der Waals surface area (Å²) in [5.41, 5.74) is 0. The monoisotopic (exact) mass is 217 g/mol. The fraction of sp³-hybridized carbons (Fsp3) is 1.00. The van der Waals surface area contributed by atoms with Gasteiger partial charge in [0, 0.05) is 17.5 Å². The molecule has 0 saturated heterocycles. The molecule has 0 aliphatic carbocycles. The zero-order valence-corrected chi connectivity index (χ0v) is 11.0. The first-order valence-corrected chi connectivity index (χ1v) is 7.18. The van der Waals surface area contributed by atoms with Crippen molar-refractivity contribution in [3.63, 3.8) is 0 Å². The molecule has 0 heterocycles. The minimum absolute atomic E-state index is 0.830. The number of hydrogen-bond acceptors (Lipinski definition) is 2. The third-order valence-corrected chi connectivity index (χ3v) is 3.81. The van der Waals surface area contributed by atoms with Crippen molar-refractivity contribution < 1.29 is 0 Å². The van der Waals surface area contributed by atoms with Gasteiger partial charge in [-0.05, 0) is 19.4 Å². The van der Waals surface area contributed by atoms with E-state index in [4.69, 9.17) is 0 Å². The van der Waals surface area contributed by atoms with Crippen LogP contribution in [0.2, 0.25) is 0 Å². The van der Waals surface area contributed by atoms with Crippen molar-refractivity contribution in [1.82, 2.24) is 5.32 Å². The molecule has 0 bridgehead atoms. The van der Waals surface area contributed by atoms with E-state index >= 15 is 0 Å². The summed E-state index contributed by atoms with van der Waals surface area (Å²) >= 11 is 2.08. The lowest BCUT2D eigenvalue weighted by molar-refractivity contribution is 0.612. The first-order chi connectivity index (χ1) is 6.81. The molecular formula is C12H27NS. The van der Waals surface area contributed by atoms with Gasteiger partial charge in [-0.1, -0.05) is 40.0 Å². The SMILES string of the molecule is CCCCCCNCCSC(C)CC. The van der Waals surface area contributed by atoms with E-state index in [9.17, 15) is 0 Å². The molecule has 0 aromatic heterocycles. The Kier molecular flexibility index (Phi) is 11.6. The highest BCUT2D eigenvalue weighted by Crippen LogP contribution is 2.11. The molecule has 0 aromatic carbocycles. The standard InChI is InChI=1S/C12H27NS/c1-4-6-7-8-9-13-10-11-14-12(3)5-2/h12-13H,4-11H2,1-3H3. The lowest BCUT2D eigenvalue weighted by Gasteiger charge is -2.08. The molecule has 0 aliphatic rings. The van der Waals surface area contributed by atoms with Gasteiger partial charge in [-0.3, -0.25) is 0 Å². The minimum Gasteiger partial charge on any atom is -0.316 e. The number of thioether (sulfide) groups is 1. The largest absolute Gasteiger partial charge is 0.316 e. The van der Waals surface area contributed by atoms with Crippen molar-refractivity contribution >= 4 is 11.8 Å². The molecule has 0 spiro atoms. The third-order valence-electron chi connectivity index (χ3n) is 2.46. The van der Waals surface area contributed by atoms with E-state index in [0.29, 0.717) is 0 Å². The average molecular weight is 217 g/mol. The van der Waals surface area contributed by atoms with Crippen LogP contribution in [0.4, 0.5) is 0 Å². The Morgan fingerprint density at radius 3 is 2.50 bits per heavy atom. The summed E-state index contributed by atoms with van der Waals surface area (Å²) in [5, 5.41) is 4.33. The zero-order chi connectivity index (χ0) is 10.6. The molecule has 0 amide bonds. The molecule has 1 atom stereocenters. The molecule has 0 fully saturated rings. The Balaban J connectivity index is 2.92. The van der Waals surface area contributed by atoms with Crippen LogP contribution in [-0.4, -0.2) is 24.1 Å². The third kappa shape index (κ3) is 10.4. The van der Waals surface area contributed by atoms with Crippen LogP contribution in [0.15, 0.2) is 0 Å². The molecular weight excluding hydrogens is 190 g/mol. The molecule has 14 heavy (non-hydrogen) atoms. The van der Waals surface area contributed by atoms with Gasteiger partial charge in [0.05, 0.1) is 0 Å². The zero-order valence-electron chi connectivity index (χ0n) is 10.1. The van der Waals surface area contributed by atoms with Gasteiger partial charge in [0.25, 0.3) is 0 Å². The van der Waals surface area contributed by atoms with Gasteiger partial charge in [0.1, 0.15) is 0 Å². The second kappa shape index (κ2) is 11.4. The van der Waals surface area contributed by atoms with Crippen LogP contribution in [0.5, 0.6) is 0 Å². The highest BCUT2D eigenvalue weighted by Gasteiger charge is 1.97. The molecule has 86 valence electrons. The maximum absolute atomic E-state index is 3.50. The molecule has 0 aromatic rings. The summed E-state index contributed by atoms with van der Waals surface area (Å²) in [7, 11) is 0. The number of unbranched alkanes of at least 4 members (excludes halogenated alkanes) is 3. The van der Waals surface area contributed by atoms with Crippen molar-refractivity contribution in [2.24, 2.45) is 0 Å². The summed E-state index contributed by atoms with van der Waals surface area (Å²) < 4.78 is 0. The van der Waals surface area contributed by atoms with Gasteiger partial charge in [-0.25, -0.2) is 0 Å². The number of hydrogen-bond donors (Lipinski definition) is 1. The molecule has 0 rings (SSSR count). The van der Waals surface area contributed by atoms with E-state index in [-0.39, 0.29) is 0 Å². The van der Waals surface area contributed by atoms with Crippen LogP contribution in [0.3, 0.4) is 0 Å². The molecule has 1 unspecified atom stereocenters. The molecule has 1 nitrogen and oxygen atoms in total. The Bertz CT molecular complexity index is 106. The van der Waals surface area contributed by atoms with Gasteiger partial charge in [-0.2, -0.15) is 11.8 Å². The summed E-state index contributed by atoms with van der Waals surface area (Å²) in [6.07, 6.45) is 6.76. The van der Waals surface area contributed by atoms with Crippen LogP contribution in [0, 0.1) is 0 Å². The van der Waals surface area contributed by atoms with Crippen molar-refractivity contribution in [3.05, 3.63) is 0 Å². The smallest absolute Gasteiger partial charge is 0.00607 e. The summed E-state index contributed by atoms with van der Waals surface area (Å²) in [6.45, 7) is 9.22. The van der Waals surface area contributed by atoms with Gasteiger partial charge < -0.3 is 5.32 Å². The summed E-state index contributed by atoms with van der Waals surface area (Å²) in [5.74, 6) is 1.27. The van der Waals surface area contributed by atoms with Crippen molar-refractivity contribution in [2.75, 3.05) is 18.8 Å². The Morgan fingerprint density at radius 2 is 1.86 bits per heavy atom. The van der Waals surface area contributed by atoms with E-state index < -0.39 is 0 Å². The second-order valence-electron chi connectivity index (χ2n) is 3.90. The summed E-state index contributed by atoms with van der Waals surface area (Å²) in [4.78, 5) is 0. The topological polar surface area (TPSA) is 12.0 Å². The van der Waals surface area contributed by atoms with E-state index in [0.717, 1.165) is 5.25 Å². The van der Waals surface area contributed by atoms with Gasteiger partial charge in [0.2, 0.25) is 0 Å². The van der Waals surface area contributed by atoms with Crippen LogP contribution in [0.1, 0.15) is 52.9 Å². The predicted octanol–water partition coefficient (Wildman–Crippen LogP) is 3.69. The van der Waals surface area contributed by atoms with E-state index in [1.807, 2.05) is 0 Å². The summed E-state index contributed by atoms with van der Waals surface area (Å²) in [6, 6.07) is 0. The fourth-order valence-corrected chi connectivity index (χ4v) is 2.15. The molecule has 0 saturated carbocycles. The fourth-order valence-electron chi connectivity index (χ4n) is 1.25. The Morgan fingerprint density at radius 1 is 1.07 bits per heavy atom. The van der Waals surface area contributed by atoms with E-state index in [2.05, 4.69) is 37.8 Å². The highest BCUT2D eigenvalue weighted by atomic mass is 32.2. The minimum atomic E-state index is 0.830. The number of rotatable bonds is 10. The van der Waals surface area contributed by atoms with Gasteiger partial charge >= 0.3 is 0 Å². The first-order valence-electron chi connectivity index (χ1n) is 6.13. The van der Waals surface area contributed by atoms with Crippen molar-refractivity contribution in [2.45, 2.75) is 58.1 Å². The lowest BCUT2D eigenvalue weighted by atomic mass is 10.2. The van der Waals surface area contributed by atoms with E-state index in [1.54, 1.807) is 0 Å². The van der Waals surface area contributed by atoms with Gasteiger partial charge in [-0.15, -0.1) is 0 Å². The maximum atomic E-state index is 3.50. The molecule has 2 heteroatoms. The Labute approximate surface area is 94.4 Å². The molecule has 1 N–H and O–H groups in total. The van der Waals surface area contributed by atoms with Crippen LogP contribution in [0.25, 0.3) is 0 Å². The van der Waals surface area contributed by atoms with Crippen molar-refractivity contribution in [1.29, 1.82) is 0 Å². The lowest BCUT2D eigenvalue weighted by Crippen LogP contribution is -2.19. The van der Waals surface area contributed by atoms with Gasteiger partial charge in [0.15, 0.2) is 0 Å². The average Bonchev–Trinajstić information content (AvgIpc) is 2.21. The molecule has 0 radical (unpaired) electrons. The predicted molar refractivity (Wildman–Crippen MR) is 69.2 cm³/mol. The molecule has 0 aliphatic heterocycles. The highest BCUT2D eigenvalue weighted by molar-refractivity contribution is 7.99. The number of nitrogens with one attached hydrogen (secondary N) is 1. The Hall–Kier alpha value is 0.310. The van der Waals surface area contributed by atoms with Crippen LogP contribution in [-0.2, 0) is 0 Å².